The minimum absolute atomic E-state index is 0.0396. The molecule has 4 aromatic rings. The van der Waals surface area contributed by atoms with Crippen LogP contribution < -0.4 is 9.64 Å². The Kier molecular flexibility index (Phi) is 4.95. The zero-order valence-electron chi connectivity index (χ0n) is 17.2. The van der Waals surface area contributed by atoms with Crippen LogP contribution in [-0.4, -0.2) is 64.0 Å². The molecule has 1 saturated heterocycles. The highest BCUT2D eigenvalue weighted by molar-refractivity contribution is 5.97. The van der Waals surface area contributed by atoms with Gasteiger partial charge in [-0.3, -0.25) is 4.79 Å². The van der Waals surface area contributed by atoms with Crippen molar-refractivity contribution in [1.82, 2.24) is 24.8 Å². The van der Waals surface area contributed by atoms with Gasteiger partial charge in [-0.2, -0.15) is 0 Å². The quantitative estimate of drug-likeness (QED) is 0.552. The SMILES string of the molecule is COc1ccc(-c2cc(N3CCN(C(=O)c4ccc5nc[nH]c5c4)CC3)ncn2)cc1. The second-order valence-electron chi connectivity index (χ2n) is 7.40. The topological polar surface area (TPSA) is 87.2 Å². The third-order valence-electron chi connectivity index (χ3n) is 5.60. The number of benzene rings is 2. The van der Waals surface area contributed by atoms with E-state index in [9.17, 15) is 4.79 Å². The first kappa shape index (κ1) is 19.0. The molecular formula is C23H22N6O2. The van der Waals surface area contributed by atoms with Crippen LogP contribution in [0.5, 0.6) is 5.75 Å². The Morgan fingerprint density at radius 3 is 2.55 bits per heavy atom. The molecule has 0 atom stereocenters. The molecule has 1 aliphatic heterocycles. The van der Waals surface area contributed by atoms with Gasteiger partial charge in [0.1, 0.15) is 17.9 Å². The van der Waals surface area contributed by atoms with Crippen molar-refractivity contribution in [3.8, 4) is 17.0 Å². The Balaban J connectivity index is 1.27. The first-order chi connectivity index (χ1) is 15.2. The van der Waals surface area contributed by atoms with Crippen molar-refractivity contribution in [2.75, 3.05) is 38.2 Å². The molecule has 0 bridgehead atoms. The standard InChI is InChI=1S/C23H22N6O2/c1-31-18-5-2-16(3-6-18)20-13-22(27-15-25-20)28-8-10-29(11-9-28)23(30)17-4-7-19-21(12-17)26-14-24-19/h2-7,12-15H,8-11H2,1H3,(H,24,26). The van der Waals surface area contributed by atoms with Crippen molar-refractivity contribution in [2.45, 2.75) is 0 Å². The van der Waals surface area contributed by atoms with Crippen LogP contribution in [0.1, 0.15) is 10.4 Å². The molecule has 1 fully saturated rings. The number of aromatic amines is 1. The molecule has 2 aromatic heterocycles. The lowest BCUT2D eigenvalue weighted by Crippen LogP contribution is -2.49. The minimum atomic E-state index is 0.0396. The van der Waals surface area contributed by atoms with Gasteiger partial charge in [-0.05, 0) is 42.5 Å². The van der Waals surface area contributed by atoms with Crippen molar-refractivity contribution in [3.63, 3.8) is 0 Å². The molecule has 0 unspecified atom stereocenters. The van der Waals surface area contributed by atoms with Crippen LogP contribution in [0.15, 0.2) is 61.2 Å². The second-order valence-corrected chi connectivity index (χ2v) is 7.40. The summed E-state index contributed by atoms with van der Waals surface area (Å²) in [7, 11) is 1.65. The lowest BCUT2D eigenvalue weighted by atomic mass is 10.1. The Morgan fingerprint density at radius 2 is 1.77 bits per heavy atom. The fourth-order valence-electron chi connectivity index (χ4n) is 3.83. The zero-order chi connectivity index (χ0) is 21.2. The van der Waals surface area contributed by atoms with Gasteiger partial charge in [0, 0.05) is 43.4 Å². The van der Waals surface area contributed by atoms with E-state index in [0.29, 0.717) is 18.7 Å². The molecule has 31 heavy (non-hydrogen) atoms. The van der Waals surface area contributed by atoms with Crippen LogP contribution in [-0.2, 0) is 0 Å². The van der Waals surface area contributed by atoms with Crippen molar-refractivity contribution in [1.29, 1.82) is 0 Å². The van der Waals surface area contributed by atoms with Crippen LogP contribution in [0.4, 0.5) is 5.82 Å². The lowest BCUT2D eigenvalue weighted by molar-refractivity contribution is 0.0746. The summed E-state index contributed by atoms with van der Waals surface area (Å²) in [5, 5.41) is 0. The zero-order valence-corrected chi connectivity index (χ0v) is 17.2. The largest absolute Gasteiger partial charge is 0.497 e. The number of hydrogen-bond acceptors (Lipinski definition) is 6. The summed E-state index contributed by atoms with van der Waals surface area (Å²) in [6.07, 6.45) is 3.23. The molecule has 0 saturated carbocycles. The number of nitrogens with one attached hydrogen (secondary N) is 1. The predicted octanol–water partition coefficient (Wildman–Crippen LogP) is 2.99. The van der Waals surface area contributed by atoms with Gasteiger partial charge < -0.3 is 19.5 Å². The number of aromatic nitrogens is 4. The third-order valence-corrected chi connectivity index (χ3v) is 5.60. The Morgan fingerprint density at radius 1 is 0.968 bits per heavy atom. The molecule has 0 spiro atoms. The number of methoxy groups -OCH3 is 1. The van der Waals surface area contributed by atoms with Gasteiger partial charge >= 0.3 is 0 Å². The first-order valence-corrected chi connectivity index (χ1v) is 10.1. The highest BCUT2D eigenvalue weighted by Crippen LogP contribution is 2.24. The molecule has 8 nitrogen and oxygen atoms in total. The Bertz CT molecular complexity index is 1210. The number of fused-ring (bicyclic) bond motifs is 1. The van der Waals surface area contributed by atoms with E-state index in [-0.39, 0.29) is 5.91 Å². The molecule has 2 aromatic carbocycles. The highest BCUT2D eigenvalue weighted by Gasteiger charge is 2.23. The molecule has 1 aliphatic rings. The maximum atomic E-state index is 12.9. The maximum absolute atomic E-state index is 12.9. The molecule has 0 aliphatic carbocycles. The number of hydrogen-bond donors (Lipinski definition) is 1. The van der Waals surface area contributed by atoms with Crippen molar-refractivity contribution < 1.29 is 9.53 Å². The summed E-state index contributed by atoms with van der Waals surface area (Å²) in [6, 6.07) is 15.4. The Labute approximate surface area is 179 Å². The number of rotatable bonds is 4. The number of nitrogens with zero attached hydrogens (tertiary/aromatic N) is 5. The number of imidazole rings is 1. The number of ether oxygens (including phenoxy) is 1. The Hall–Kier alpha value is -3.94. The summed E-state index contributed by atoms with van der Waals surface area (Å²) < 4.78 is 5.22. The smallest absolute Gasteiger partial charge is 0.254 e. The average Bonchev–Trinajstić information content (AvgIpc) is 3.32. The highest BCUT2D eigenvalue weighted by atomic mass is 16.5. The molecule has 156 valence electrons. The third kappa shape index (κ3) is 3.79. The fourth-order valence-corrected chi connectivity index (χ4v) is 3.83. The van der Waals surface area contributed by atoms with Crippen LogP contribution in [0.2, 0.25) is 0 Å². The summed E-state index contributed by atoms with van der Waals surface area (Å²) in [5.41, 5.74) is 4.27. The molecule has 8 heteroatoms. The predicted molar refractivity (Wildman–Crippen MR) is 118 cm³/mol. The van der Waals surface area contributed by atoms with E-state index >= 15 is 0 Å². The van der Waals surface area contributed by atoms with Crippen molar-refractivity contribution in [3.05, 3.63) is 66.7 Å². The van der Waals surface area contributed by atoms with Crippen molar-refractivity contribution in [2.24, 2.45) is 0 Å². The molecule has 5 rings (SSSR count). The van der Waals surface area contributed by atoms with Gasteiger partial charge in [0.15, 0.2) is 0 Å². The van der Waals surface area contributed by atoms with E-state index in [1.807, 2.05) is 53.4 Å². The fraction of sp³-hybridized carbons (Fsp3) is 0.217. The monoisotopic (exact) mass is 414 g/mol. The second kappa shape index (κ2) is 8.06. The van der Waals surface area contributed by atoms with Crippen molar-refractivity contribution >= 4 is 22.8 Å². The van der Waals surface area contributed by atoms with E-state index in [4.69, 9.17) is 4.74 Å². The summed E-state index contributed by atoms with van der Waals surface area (Å²) in [5.74, 6) is 1.72. The van der Waals surface area contributed by atoms with Gasteiger partial charge in [0.05, 0.1) is 30.2 Å². The van der Waals surface area contributed by atoms with Gasteiger partial charge in [-0.25, -0.2) is 15.0 Å². The van der Waals surface area contributed by atoms with Gasteiger partial charge in [0.25, 0.3) is 5.91 Å². The van der Waals surface area contributed by atoms with E-state index < -0.39 is 0 Å². The number of anilines is 1. The summed E-state index contributed by atoms with van der Waals surface area (Å²) in [6.45, 7) is 2.72. The molecule has 1 amide bonds. The molecule has 3 heterocycles. The van der Waals surface area contributed by atoms with E-state index in [0.717, 1.165) is 46.9 Å². The number of piperazine rings is 1. The summed E-state index contributed by atoms with van der Waals surface area (Å²) >= 11 is 0. The minimum Gasteiger partial charge on any atom is -0.497 e. The molecule has 1 N–H and O–H groups in total. The van der Waals surface area contributed by atoms with E-state index in [2.05, 4.69) is 24.8 Å². The van der Waals surface area contributed by atoms with Crippen LogP contribution in [0.25, 0.3) is 22.3 Å². The van der Waals surface area contributed by atoms with Crippen LogP contribution >= 0.6 is 0 Å². The van der Waals surface area contributed by atoms with Gasteiger partial charge in [-0.1, -0.05) is 0 Å². The molecular weight excluding hydrogens is 392 g/mol. The van der Waals surface area contributed by atoms with Gasteiger partial charge in [0.2, 0.25) is 0 Å². The lowest BCUT2D eigenvalue weighted by Gasteiger charge is -2.35. The van der Waals surface area contributed by atoms with E-state index in [1.165, 1.54) is 0 Å². The van der Waals surface area contributed by atoms with Crippen LogP contribution in [0.3, 0.4) is 0 Å². The number of carbonyl (C=O) groups excluding carboxylic acids is 1. The molecule has 0 radical (unpaired) electrons. The number of amides is 1. The van der Waals surface area contributed by atoms with E-state index in [1.54, 1.807) is 19.8 Å². The van der Waals surface area contributed by atoms with Crippen LogP contribution in [0, 0.1) is 0 Å². The number of carbonyl (C=O) groups is 1. The normalized spacial score (nSPS) is 14.1. The summed E-state index contributed by atoms with van der Waals surface area (Å²) in [4.78, 5) is 33.2. The first-order valence-electron chi connectivity index (χ1n) is 10.1. The van der Waals surface area contributed by atoms with Gasteiger partial charge in [-0.15, -0.1) is 0 Å². The average molecular weight is 414 g/mol. The maximum Gasteiger partial charge on any atom is 0.254 e. The number of H-pyrrole nitrogens is 1.